The van der Waals surface area contributed by atoms with Crippen LogP contribution in [0.1, 0.15) is 23.1 Å². The molecule has 1 aromatic carbocycles. The summed E-state index contributed by atoms with van der Waals surface area (Å²) in [6.45, 7) is 6.51. The maximum absolute atomic E-state index is 5.49. The third-order valence-electron chi connectivity index (χ3n) is 3.45. The minimum atomic E-state index is 0.172. The van der Waals surface area contributed by atoms with Gasteiger partial charge in [0.15, 0.2) is 0 Å². The molecule has 1 fully saturated rings. The van der Waals surface area contributed by atoms with Crippen LogP contribution >= 0.6 is 0 Å². The van der Waals surface area contributed by atoms with Crippen molar-refractivity contribution < 1.29 is 4.74 Å². The first kappa shape index (κ1) is 12.4. The molecule has 0 radical (unpaired) electrons. The van der Waals surface area contributed by atoms with Crippen molar-refractivity contribution in [1.82, 2.24) is 15.3 Å². The van der Waals surface area contributed by atoms with Crippen molar-refractivity contribution in [1.29, 1.82) is 0 Å². The molecule has 2 heterocycles. The minimum Gasteiger partial charge on any atom is -0.378 e. The molecular formula is C15H19N3O. The predicted molar refractivity (Wildman–Crippen MR) is 75.1 cm³/mol. The average Bonchev–Trinajstić information content (AvgIpc) is 2.82. The van der Waals surface area contributed by atoms with Gasteiger partial charge in [-0.2, -0.15) is 0 Å². The van der Waals surface area contributed by atoms with Crippen LogP contribution in [0.4, 0.5) is 0 Å². The van der Waals surface area contributed by atoms with Gasteiger partial charge in [0.1, 0.15) is 5.82 Å². The fourth-order valence-corrected chi connectivity index (χ4v) is 2.46. The molecular weight excluding hydrogens is 238 g/mol. The van der Waals surface area contributed by atoms with Crippen LogP contribution in [0.15, 0.2) is 24.3 Å². The summed E-state index contributed by atoms with van der Waals surface area (Å²) in [5, 5.41) is 3.42. The van der Waals surface area contributed by atoms with Gasteiger partial charge in [-0.25, -0.2) is 4.98 Å². The van der Waals surface area contributed by atoms with E-state index in [1.54, 1.807) is 0 Å². The average molecular weight is 257 g/mol. The first-order valence-corrected chi connectivity index (χ1v) is 6.69. The van der Waals surface area contributed by atoms with E-state index < -0.39 is 0 Å². The fraction of sp³-hybridized carbons (Fsp3) is 0.400. The zero-order valence-electron chi connectivity index (χ0n) is 11.4. The van der Waals surface area contributed by atoms with Crippen molar-refractivity contribution in [2.75, 3.05) is 19.8 Å². The molecule has 3 rings (SSSR count). The number of hydrogen-bond acceptors (Lipinski definition) is 3. The maximum Gasteiger partial charge on any atom is 0.126 e. The number of H-pyrrole nitrogens is 1. The largest absolute Gasteiger partial charge is 0.378 e. The smallest absolute Gasteiger partial charge is 0.126 e. The quantitative estimate of drug-likeness (QED) is 0.868. The zero-order valence-corrected chi connectivity index (χ0v) is 11.4. The number of hydrogen-bond donors (Lipinski definition) is 2. The van der Waals surface area contributed by atoms with E-state index in [0.29, 0.717) is 6.61 Å². The highest BCUT2D eigenvalue weighted by Gasteiger charge is 2.20. The summed E-state index contributed by atoms with van der Waals surface area (Å²) in [4.78, 5) is 8.13. The van der Waals surface area contributed by atoms with Gasteiger partial charge >= 0.3 is 0 Å². The second-order valence-electron chi connectivity index (χ2n) is 5.05. The molecule has 1 aromatic heterocycles. The first-order valence-electron chi connectivity index (χ1n) is 6.69. The van der Waals surface area contributed by atoms with Crippen molar-refractivity contribution in [3.63, 3.8) is 0 Å². The van der Waals surface area contributed by atoms with Crippen LogP contribution in [0.3, 0.4) is 0 Å². The lowest BCUT2D eigenvalue weighted by atomic mass is 10.1. The number of morpholine rings is 1. The van der Waals surface area contributed by atoms with Gasteiger partial charge in [0.25, 0.3) is 0 Å². The molecule has 4 heteroatoms. The van der Waals surface area contributed by atoms with Gasteiger partial charge in [-0.1, -0.05) is 23.8 Å². The van der Waals surface area contributed by atoms with E-state index in [1.165, 1.54) is 5.56 Å². The molecule has 0 saturated carbocycles. The topological polar surface area (TPSA) is 49.9 Å². The van der Waals surface area contributed by atoms with Gasteiger partial charge < -0.3 is 15.0 Å². The van der Waals surface area contributed by atoms with Crippen molar-refractivity contribution in [3.8, 4) is 11.3 Å². The van der Waals surface area contributed by atoms with Gasteiger partial charge in [-0.15, -0.1) is 0 Å². The van der Waals surface area contributed by atoms with E-state index in [2.05, 4.69) is 48.4 Å². The van der Waals surface area contributed by atoms with Crippen molar-refractivity contribution in [3.05, 3.63) is 41.3 Å². The van der Waals surface area contributed by atoms with Crippen LogP contribution in [0.5, 0.6) is 0 Å². The molecule has 1 atom stereocenters. The lowest BCUT2D eigenvalue weighted by Gasteiger charge is -2.21. The molecule has 1 aliphatic heterocycles. The van der Waals surface area contributed by atoms with Crippen LogP contribution in [0.2, 0.25) is 0 Å². The van der Waals surface area contributed by atoms with E-state index in [4.69, 9.17) is 9.72 Å². The van der Waals surface area contributed by atoms with Crippen LogP contribution in [0, 0.1) is 13.8 Å². The number of aryl methyl sites for hydroxylation is 2. The van der Waals surface area contributed by atoms with Crippen molar-refractivity contribution >= 4 is 0 Å². The lowest BCUT2D eigenvalue weighted by molar-refractivity contribution is 0.0745. The molecule has 0 bridgehead atoms. The lowest BCUT2D eigenvalue weighted by Crippen LogP contribution is -2.35. The molecule has 4 nitrogen and oxygen atoms in total. The number of nitrogens with zero attached hydrogens (tertiary/aromatic N) is 1. The van der Waals surface area contributed by atoms with Crippen LogP contribution < -0.4 is 5.32 Å². The van der Waals surface area contributed by atoms with Gasteiger partial charge in [0.05, 0.1) is 24.9 Å². The van der Waals surface area contributed by atoms with Crippen molar-refractivity contribution in [2.24, 2.45) is 0 Å². The Morgan fingerprint density at radius 3 is 2.95 bits per heavy atom. The molecule has 2 N–H and O–H groups in total. The Balaban J connectivity index is 1.92. The third-order valence-corrected chi connectivity index (χ3v) is 3.45. The van der Waals surface area contributed by atoms with Crippen LogP contribution in [-0.4, -0.2) is 29.7 Å². The van der Waals surface area contributed by atoms with E-state index in [1.807, 2.05) is 0 Å². The van der Waals surface area contributed by atoms with Gasteiger partial charge in [0, 0.05) is 17.8 Å². The number of rotatable bonds is 2. The zero-order chi connectivity index (χ0) is 13.2. The Morgan fingerprint density at radius 2 is 2.21 bits per heavy atom. The Kier molecular flexibility index (Phi) is 3.36. The summed E-state index contributed by atoms with van der Waals surface area (Å²) in [7, 11) is 0. The number of benzene rings is 1. The second kappa shape index (κ2) is 5.15. The van der Waals surface area contributed by atoms with Crippen molar-refractivity contribution in [2.45, 2.75) is 19.9 Å². The number of aromatic nitrogens is 2. The summed E-state index contributed by atoms with van der Waals surface area (Å²) in [6, 6.07) is 8.61. The molecule has 0 amide bonds. The Labute approximate surface area is 113 Å². The Hall–Kier alpha value is -1.65. The van der Waals surface area contributed by atoms with Gasteiger partial charge in [-0.3, -0.25) is 0 Å². The normalized spacial score (nSPS) is 19.6. The number of nitrogens with one attached hydrogen (secondary N) is 2. The SMILES string of the molecule is Cc1cccc(-c2nc(C3COCCN3)[nH]c2C)c1. The van der Waals surface area contributed by atoms with Gasteiger partial charge in [-0.05, 0) is 19.9 Å². The highest BCUT2D eigenvalue weighted by molar-refractivity contribution is 5.62. The molecule has 1 saturated heterocycles. The summed E-state index contributed by atoms with van der Waals surface area (Å²) < 4.78 is 5.49. The molecule has 0 aliphatic carbocycles. The van der Waals surface area contributed by atoms with Gasteiger partial charge in [0.2, 0.25) is 0 Å². The molecule has 1 aliphatic rings. The predicted octanol–water partition coefficient (Wildman–Crippen LogP) is 2.35. The Bertz CT molecular complexity index is 571. The minimum absolute atomic E-state index is 0.172. The maximum atomic E-state index is 5.49. The van der Waals surface area contributed by atoms with E-state index in [9.17, 15) is 0 Å². The van der Waals surface area contributed by atoms with Crippen LogP contribution in [0.25, 0.3) is 11.3 Å². The van der Waals surface area contributed by atoms with Crippen LogP contribution in [-0.2, 0) is 4.74 Å². The third kappa shape index (κ3) is 2.55. The summed E-state index contributed by atoms with van der Waals surface area (Å²) in [5.41, 5.74) is 4.55. The molecule has 2 aromatic rings. The second-order valence-corrected chi connectivity index (χ2v) is 5.05. The highest BCUT2D eigenvalue weighted by Crippen LogP contribution is 2.24. The fourth-order valence-electron chi connectivity index (χ4n) is 2.46. The Morgan fingerprint density at radius 1 is 1.32 bits per heavy atom. The highest BCUT2D eigenvalue weighted by atomic mass is 16.5. The van der Waals surface area contributed by atoms with E-state index in [-0.39, 0.29) is 6.04 Å². The molecule has 19 heavy (non-hydrogen) atoms. The summed E-state index contributed by atoms with van der Waals surface area (Å²) >= 11 is 0. The first-order chi connectivity index (χ1) is 9.24. The molecule has 1 unspecified atom stereocenters. The number of aromatic amines is 1. The van der Waals surface area contributed by atoms with E-state index in [0.717, 1.165) is 35.9 Å². The number of imidazole rings is 1. The summed E-state index contributed by atoms with van der Waals surface area (Å²) in [5.74, 6) is 0.966. The van der Waals surface area contributed by atoms with E-state index >= 15 is 0 Å². The molecule has 100 valence electrons. The number of ether oxygens (including phenoxy) is 1. The monoisotopic (exact) mass is 257 g/mol. The molecule has 0 spiro atoms. The summed E-state index contributed by atoms with van der Waals surface area (Å²) in [6.07, 6.45) is 0. The standard InChI is InChI=1S/C15H19N3O/c1-10-4-3-5-12(8-10)14-11(2)17-15(18-14)13-9-19-7-6-16-13/h3-5,8,13,16H,6-7,9H2,1-2H3,(H,17,18).